The Balaban J connectivity index is 2.01. The third-order valence-corrected chi connectivity index (χ3v) is 4.94. The summed E-state index contributed by atoms with van der Waals surface area (Å²) in [5.41, 5.74) is 0.369. The van der Waals surface area contributed by atoms with Gasteiger partial charge in [0.2, 0.25) is 0 Å². The van der Waals surface area contributed by atoms with E-state index in [9.17, 15) is 9.59 Å². The molecular formula is C22H27N3O2. The number of nitrogens with one attached hydrogen (secondary N) is 1. The standard InChI is InChI=1S/C22H27N3O2/c1-3-15-24(16-4-2)17-25-20(26)22(23-21(25)27,18-11-7-5-8-12-18)19-13-9-6-10-14-19/h5-14H,3-4,15-17H2,1-2H3,(H,23,27). The van der Waals surface area contributed by atoms with E-state index in [1.54, 1.807) is 0 Å². The van der Waals surface area contributed by atoms with E-state index in [0.717, 1.165) is 37.1 Å². The summed E-state index contributed by atoms with van der Waals surface area (Å²) in [5.74, 6) is -0.220. The zero-order valence-corrected chi connectivity index (χ0v) is 16.0. The lowest BCUT2D eigenvalue weighted by Crippen LogP contribution is -2.46. The first kappa shape index (κ1) is 19.1. The topological polar surface area (TPSA) is 52.6 Å². The largest absolute Gasteiger partial charge is 0.326 e. The zero-order chi connectivity index (χ0) is 19.3. The first-order valence-electron chi connectivity index (χ1n) is 9.61. The van der Waals surface area contributed by atoms with Crippen LogP contribution in [0.1, 0.15) is 37.8 Å². The van der Waals surface area contributed by atoms with Crippen LogP contribution in [0, 0.1) is 0 Å². The molecule has 0 aromatic heterocycles. The van der Waals surface area contributed by atoms with Gasteiger partial charge < -0.3 is 5.32 Å². The van der Waals surface area contributed by atoms with Gasteiger partial charge in [-0.1, -0.05) is 74.5 Å². The predicted molar refractivity (Wildman–Crippen MR) is 106 cm³/mol. The number of amides is 3. The number of hydrogen-bond donors (Lipinski definition) is 1. The van der Waals surface area contributed by atoms with Gasteiger partial charge in [0.05, 0.1) is 6.67 Å². The van der Waals surface area contributed by atoms with Crippen molar-refractivity contribution in [2.75, 3.05) is 19.8 Å². The van der Waals surface area contributed by atoms with Crippen molar-refractivity contribution in [1.82, 2.24) is 15.1 Å². The number of nitrogens with zero attached hydrogens (tertiary/aromatic N) is 2. The van der Waals surface area contributed by atoms with E-state index in [1.165, 1.54) is 4.90 Å². The van der Waals surface area contributed by atoms with Gasteiger partial charge in [-0.2, -0.15) is 0 Å². The highest BCUT2D eigenvalue weighted by molar-refractivity contribution is 6.09. The zero-order valence-electron chi connectivity index (χ0n) is 16.0. The second-order valence-corrected chi connectivity index (χ2v) is 6.90. The van der Waals surface area contributed by atoms with E-state index >= 15 is 0 Å². The van der Waals surface area contributed by atoms with Crippen molar-refractivity contribution in [3.8, 4) is 0 Å². The van der Waals surface area contributed by atoms with Crippen molar-refractivity contribution in [3.05, 3.63) is 71.8 Å². The minimum atomic E-state index is -1.18. The number of carbonyl (C=O) groups excluding carboxylic acids is 2. The second-order valence-electron chi connectivity index (χ2n) is 6.90. The van der Waals surface area contributed by atoms with Gasteiger partial charge in [-0.25, -0.2) is 9.69 Å². The third kappa shape index (κ3) is 3.60. The van der Waals surface area contributed by atoms with Crippen LogP contribution < -0.4 is 5.32 Å². The fraction of sp³-hybridized carbons (Fsp3) is 0.364. The lowest BCUT2D eigenvalue weighted by molar-refractivity contribution is -0.131. The van der Waals surface area contributed by atoms with Crippen LogP contribution in [0.3, 0.4) is 0 Å². The Kier molecular flexibility index (Phi) is 5.91. The minimum absolute atomic E-state index is 0.220. The Morgan fingerprint density at radius 1 is 0.852 bits per heavy atom. The fourth-order valence-corrected chi connectivity index (χ4v) is 3.72. The summed E-state index contributed by atoms with van der Waals surface area (Å²) in [4.78, 5) is 30.0. The van der Waals surface area contributed by atoms with Gasteiger partial charge in [0.25, 0.3) is 5.91 Å². The van der Waals surface area contributed by atoms with E-state index in [4.69, 9.17) is 0 Å². The number of imide groups is 1. The molecule has 1 N–H and O–H groups in total. The molecule has 5 nitrogen and oxygen atoms in total. The maximum absolute atomic E-state index is 13.6. The maximum atomic E-state index is 13.6. The van der Waals surface area contributed by atoms with Crippen molar-refractivity contribution in [2.24, 2.45) is 0 Å². The smallest absolute Gasteiger partial charge is 0.315 e. The second kappa shape index (κ2) is 8.35. The first-order valence-corrected chi connectivity index (χ1v) is 9.61. The monoisotopic (exact) mass is 365 g/mol. The number of rotatable bonds is 8. The van der Waals surface area contributed by atoms with E-state index in [-0.39, 0.29) is 11.9 Å². The van der Waals surface area contributed by atoms with Gasteiger partial charge in [-0.3, -0.25) is 9.69 Å². The Morgan fingerprint density at radius 3 is 1.78 bits per heavy atom. The maximum Gasteiger partial charge on any atom is 0.326 e. The highest BCUT2D eigenvalue weighted by Gasteiger charge is 2.53. The quantitative estimate of drug-likeness (QED) is 0.728. The van der Waals surface area contributed by atoms with Gasteiger partial charge in [0, 0.05) is 0 Å². The number of benzene rings is 2. The lowest BCUT2D eigenvalue weighted by Gasteiger charge is -2.29. The summed E-state index contributed by atoms with van der Waals surface area (Å²) >= 11 is 0. The third-order valence-electron chi connectivity index (χ3n) is 4.94. The van der Waals surface area contributed by atoms with E-state index in [2.05, 4.69) is 24.1 Å². The number of carbonyl (C=O) groups is 2. The van der Waals surface area contributed by atoms with Crippen LogP contribution in [0.4, 0.5) is 4.79 Å². The van der Waals surface area contributed by atoms with Crippen molar-refractivity contribution < 1.29 is 9.59 Å². The molecule has 1 fully saturated rings. The summed E-state index contributed by atoms with van der Waals surface area (Å²) in [6.45, 7) is 6.23. The molecule has 0 spiro atoms. The molecule has 5 heteroatoms. The van der Waals surface area contributed by atoms with E-state index in [0.29, 0.717) is 6.67 Å². The van der Waals surface area contributed by atoms with Gasteiger partial charge in [0.15, 0.2) is 5.54 Å². The van der Waals surface area contributed by atoms with E-state index in [1.807, 2.05) is 60.7 Å². The first-order chi connectivity index (χ1) is 13.1. The molecular weight excluding hydrogens is 338 g/mol. The van der Waals surface area contributed by atoms with Crippen molar-refractivity contribution >= 4 is 11.9 Å². The van der Waals surface area contributed by atoms with Crippen LogP contribution in [0.5, 0.6) is 0 Å². The number of hydrogen-bond acceptors (Lipinski definition) is 3. The number of urea groups is 1. The molecule has 142 valence electrons. The molecule has 27 heavy (non-hydrogen) atoms. The molecule has 1 aliphatic heterocycles. The SMILES string of the molecule is CCCN(CCC)CN1C(=O)NC(c2ccccc2)(c2ccccc2)C1=O. The van der Waals surface area contributed by atoms with E-state index < -0.39 is 5.54 Å². The van der Waals surface area contributed by atoms with Gasteiger partial charge >= 0.3 is 6.03 Å². The van der Waals surface area contributed by atoms with Crippen LogP contribution in [-0.2, 0) is 10.3 Å². The van der Waals surface area contributed by atoms with Crippen molar-refractivity contribution in [2.45, 2.75) is 32.2 Å². The molecule has 0 bridgehead atoms. The summed E-state index contributed by atoms with van der Waals surface area (Å²) in [5, 5.41) is 3.00. The van der Waals surface area contributed by atoms with Crippen LogP contribution in [0.25, 0.3) is 0 Å². The van der Waals surface area contributed by atoms with Crippen molar-refractivity contribution in [1.29, 1.82) is 0 Å². The molecule has 2 aromatic rings. The van der Waals surface area contributed by atoms with Gasteiger partial charge in [-0.15, -0.1) is 0 Å². The molecule has 0 aliphatic carbocycles. The molecule has 0 radical (unpaired) electrons. The Morgan fingerprint density at radius 2 is 1.33 bits per heavy atom. The van der Waals surface area contributed by atoms with Crippen LogP contribution in [0.2, 0.25) is 0 Å². The fourth-order valence-electron chi connectivity index (χ4n) is 3.72. The molecule has 0 saturated carbocycles. The highest BCUT2D eigenvalue weighted by atomic mass is 16.2. The Bertz CT molecular complexity index is 731. The summed E-state index contributed by atoms with van der Waals surface area (Å²) in [6, 6.07) is 18.6. The molecule has 1 aliphatic rings. The lowest BCUT2D eigenvalue weighted by atomic mass is 9.83. The molecule has 3 amide bonds. The van der Waals surface area contributed by atoms with Crippen LogP contribution >= 0.6 is 0 Å². The molecule has 0 unspecified atom stereocenters. The predicted octanol–water partition coefficient (Wildman–Crippen LogP) is 3.56. The van der Waals surface area contributed by atoms with Gasteiger partial charge in [0.1, 0.15) is 0 Å². The molecule has 0 atom stereocenters. The summed E-state index contributed by atoms with van der Waals surface area (Å²) in [6.07, 6.45) is 1.96. The Hall–Kier alpha value is -2.66. The van der Waals surface area contributed by atoms with Gasteiger partial charge in [-0.05, 0) is 37.1 Å². The molecule has 3 rings (SSSR count). The Labute approximate surface area is 161 Å². The normalized spacial score (nSPS) is 16.0. The highest BCUT2D eigenvalue weighted by Crippen LogP contribution is 2.36. The molecule has 2 aromatic carbocycles. The van der Waals surface area contributed by atoms with Crippen LogP contribution in [0.15, 0.2) is 60.7 Å². The summed E-state index contributed by atoms with van der Waals surface area (Å²) < 4.78 is 0. The van der Waals surface area contributed by atoms with Crippen LogP contribution in [-0.4, -0.2) is 41.5 Å². The average Bonchev–Trinajstić information content (AvgIpc) is 2.95. The molecule has 1 heterocycles. The van der Waals surface area contributed by atoms with Crippen molar-refractivity contribution in [3.63, 3.8) is 0 Å². The minimum Gasteiger partial charge on any atom is -0.315 e. The average molecular weight is 365 g/mol. The summed E-state index contributed by atoms with van der Waals surface area (Å²) in [7, 11) is 0. The molecule has 1 saturated heterocycles.